The van der Waals surface area contributed by atoms with Crippen molar-refractivity contribution in [3.63, 3.8) is 0 Å². The van der Waals surface area contributed by atoms with E-state index in [-0.39, 0.29) is 12.2 Å². The number of hydrogen-bond acceptors (Lipinski definition) is 5. The molecule has 6 nitrogen and oxygen atoms in total. The number of aromatic carboxylic acids is 1. The SMILES string of the molecule is COc1cc(/C=C(/C#N)c2ccc(C(=O)O)cc2)ccc1OCc1ccccc1C#N. The minimum absolute atomic E-state index is 0.155. The van der Waals surface area contributed by atoms with Crippen LogP contribution in [0.4, 0.5) is 0 Å². The average molecular weight is 410 g/mol. The van der Waals surface area contributed by atoms with E-state index in [0.29, 0.717) is 28.2 Å². The lowest BCUT2D eigenvalue weighted by Crippen LogP contribution is -2.00. The Kier molecular flexibility index (Phi) is 6.67. The van der Waals surface area contributed by atoms with Gasteiger partial charge in [0.2, 0.25) is 0 Å². The number of nitrogens with zero attached hydrogens (tertiary/aromatic N) is 2. The number of carboxylic acids is 1. The van der Waals surface area contributed by atoms with E-state index in [1.807, 2.05) is 12.1 Å². The summed E-state index contributed by atoms with van der Waals surface area (Å²) in [5.74, 6) is -0.0230. The lowest BCUT2D eigenvalue weighted by molar-refractivity contribution is 0.0697. The molecule has 6 heteroatoms. The van der Waals surface area contributed by atoms with Gasteiger partial charge in [-0.2, -0.15) is 10.5 Å². The number of hydrogen-bond donors (Lipinski definition) is 1. The molecule has 0 amide bonds. The van der Waals surface area contributed by atoms with Gasteiger partial charge in [0.15, 0.2) is 11.5 Å². The first-order valence-corrected chi connectivity index (χ1v) is 9.30. The van der Waals surface area contributed by atoms with E-state index < -0.39 is 5.97 Å². The van der Waals surface area contributed by atoms with Crippen LogP contribution in [0.15, 0.2) is 66.7 Å². The number of methoxy groups -OCH3 is 1. The minimum atomic E-state index is -1.02. The van der Waals surface area contributed by atoms with Crippen molar-refractivity contribution in [1.82, 2.24) is 0 Å². The van der Waals surface area contributed by atoms with Crippen LogP contribution in [-0.2, 0) is 6.61 Å². The van der Waals surface area contributed by atoms with Gasteiger partial charge in [-0.1, -0.05) is 36.4 Å². The zero-order valence-corrected chi connectivity index (χ0v) is 16.7. The molecule has 0 bridgehead atoms. The Balaban J connectivity index is 1.83. The summed E-state index contributed by atoms with van der Waals surface area (Å²) in [6, 6.07) is 22.9. The Labute approximate surface area is 179 Å². The van der Waals surface area contributed by atoms with Gasteiger partial charge in [-0.05, 0) is 47.5 Å². The molecule has 0 unspecified atom stereocenters. The third-order valence-electron chi connectivity index (χ3n) is 4.58. The van der Waals surface area contributed by atoms with Crippen molar-refractivity contribution in [3.05, 3.63) is 94.5 Å². The van der Waals surface area contributed by atoms with E-state index in [9.17, 15) is 15.3 Å². The average Bonchev–Trinajstić information content (AvgIpc) is 2.81. The summed E-state index contributed by atoms with van der Waals surface area (Å²) in [6.45, 7) is 0.217. The fourth-order valence-corrected chi connectivity index (χ4v) is 2.94. The first-order chi connectivity index (χ1) is 15.0. The predicted octanol–water partition coefficient (Wildman–Crippen LogP) is 4.91. The van der Waals surface area contributed by atoms with Crippen molar-refractivity contribution in [2.75, 3.05) is 7.11 Å². The van der Waals surface area contributed by atoms with Crippen LogP contribution >= 0.6 is 0 Å². The summed E-state index contributed by atoms with van der Waals surface area (Å²) < 4.78 is 11.3. The molecule has 0 saturated carbocycles. The third kappa shape index (κ3) is 5.09. The van der Waals surface area contributed by atoms with Crippen LogP contribution in [0.3, 0.4) is 0 Å². The monoisotopic (exact) mass is 410 g/mol. The van der Waals surface area contributed by atoms with Crippen molar-refractivity contribution >= 4 is 17.6 Å². The fourth-order valence-electron chi connectivity index (χ4n) is 2.94. The van der Waals surface area contributed by atoms with Crippen molar-refractivity contribution in [2.24, 2.45) is 0 Å². The first-order valence-electron chi connectivity index (χ1n) is 9.30. The Morgan fingerprint density at radius 2 is 1.71 bits per heavy atom. The number of benzene rings is 3. The van der Waals surface area contributed by atoms with Crippen molar-refractivity contribution in [3.8, 4) is 23.6 Å². The molecule has 3 aromatic rings. The maximum atomic E-state index is 11.0. The number of carboxylic acid groups (broad SMARTS) is 1. The van der Waals surface area contributed by atoms with Crippen LogP contribution in [-0.4, -0.2) is 18.2 Å². The zero-order chi connectivity index (χ0) is 22.2. The highest BCUT2D eigenvalue weighted by molar-refractivity contribution is 5.92. The normalized spacial score (nSPS) is 10.6. The first kappa shape index (κ1) is 21.2. The molecule has 0 spiro atoms. The predicted molar refractivity (Wildman–Crippen MR) is 115 cm³/mol. The number of allylic oxidation sites excluding steroid dienone is 1. The van der Waals surface area contributed by atoms with Gasteiger partial charge in [-0.15, -0.1) is 0 Å². The lowest BCUT2D eigenvalue weighted by Gasteiger charge is -2.12. The molecule has 3 aromatic carbocycles. The second kappa shape index (κ2) is 9.78. The molecule has 0 aliphatic carbocycles. The van der Waals surface area contributed by atoms with Crippen LogP contribution in [0.1, 0.15) is 32.6 Å². The highest BCUT2D eigenvalue weighted by Crippen LogP contribution is 2.31. The van der Waals surface area contributed by atoms with Crippen molar-refractivity contribution in [2.45, 2.75) is 6.61 Å². The van der Waals surface area contributed by atoms with Crippen molar-refractivity contribution in [1.29, 1.82) is 10.5 Å². The topological polar surface area (TPSA) is 103 Å². The largest absolute Gasteiger partial charge is 0.493 e. The Hall–Kier alpha value is -4.55. The Bertz CT molecular complexity index is 1220. The number of carbonyl (C=O) groups is 1. The maximum absolute atomic E-state index is 11.0. The van der Waals surface area contributed by atoms with Gasteiger partial charge in [-0.3, -0.25) is 0 Å². The molecule has 0 aliphatic heterocycles. The van der Waals surface area contributed by atoms with E-state index in [1.54, 1.807) is 48.5 Å². The smallest absolute Gasteiger partial charge is 0.335 e. The molecule has 3 rings (SSSR count). The van der Waals surface area contributed by atoms with E-state index in [2.05, 4.69) is 12.1 Å². The van der Waals surface area contributed by atoms with E-state index in [0.717, 1.165) is 11.1 Å². The summed E-state index contributed by atoms with van der Waals surface area (Å²) in [7, 11) is 1.52. The molecule has 0 aromatic heterocycles. The summed E-state index contributed by atoms with van der Waals surface area (Å²) >= 11 is 0. The highest BCUT2D eigenvalue weighted by atomic mass is 16.5. The van der Waals surface area contributed by atoms with Crippen LogP contribution in [0.25, 0.3) is 11.6 Å². The van der Waals surface area contributed by atoms with Crippen molar-refractivity contribution < 1.29 is 19.4 Å². The molecule has 0 fully saturated rings. The maximum Gasteiger partial charge on any atom is 0.335 e. The number of rotatable bonds is 7. The van der Waals surface area contributed by atoms with Crippen LogP contribution in [0.2, 0.25) is 0 Å². The molecule has 0 aliphatic rings. The Morgan fingerprint density at radius 1 is 1.00 bits per heavy atom. The minimum Gasteiger partial charge on any atom is -0.493 e. The zero-order valence-electron chi connectivity index (χ0n) is 16.7. The van der Waals surface area contributed by atoms with E-state index in [1.165, 1.54) is 19.2 Å². The number of nitriles is 2. The van der Waals surface area contributed by atoms with Crippen LogP contribution < -0.4 is 9.47 Å². The van der Waals surface area contributed by atoms with Gasteiger partial charge in [-0.25, -0.2) is 4.79 Å². The molecule has 0 heterocycles. The standard InChI is InChI=1S/C25H18N2O4/c1-30-24-13-17(12-22(15-27)18-7-9-19(10-8-18)25(28)29)6-11-23(24)31-16-21-5-3-2-4-20(21)14-26/h2-13H,16H2,1H3,(H,28,29)/b22-12-. The van der Waals surface area contributed by atoms with Crippen LogP contribution in [0.5, 0.6) is 11.5 Å². The quantitative estimate of drug-likeness (QED) is 0.438. The molecular weight excluding hydrogens is 392 g/mol. The van der Waals surface area contributed by atoms with Gasteiger partial charge >= 0.3 is 5.97 Å². The third-order valence-corrected chi connectivity index (χ3v) is 4.58. The molecule has 152 valence electrons. The second-order valence-corrected chi connectivity index (χ2v) is 6.52. The summed E-state index contributed by atoms with van der Waals surface area (Å²) in [5.41, 5.74) is 3.19. The summed E-state index contributed by atoms with van der Waals surface area (Å²) in [5, 5.41) is 27.8. The summed E-state index contributed by atoms with van der Waals surface area (Å²) in [4.78, 5) is 11.0. The van der Waals surface area contributed by atoms with E-state index in [4.69, 9.17) is 14.6 Å². The Morgan fingerprint density at radius 3 is 2.35 bits per heavy atom. The second-order valence-electron chi connectivity index (χ2n) is 6.52. The van der Waals surface area contributed by atoms with E-state index >= 15 is 0 Å². The lowest BCUT2D eigenvalue weighted by atomic mass is 10.0. The van der Waals surface area contributed by atoms with Gasteiger partial charge in [0.25, 0.3) is 0 Å². The molecular formula is C25H18N2O4. The van der Waals surface area contributed by atoms with Gasteiger partial charge in [0.05, 0.1) is 35.9 Å². The highest BCUT2D eigenvalue weighted by Gasteiger charge is 2.09. The van der Waals surface area contributed by atoms with Gasteiger partial charge in [0, 0.05) is 5.56 Å². The van der Waals surface area contributed by atoms with Crippen LogP contribution in [0, 0.1) is 22.7 Å². The summed E-state index contributed by atoms with van der Waals surface area (Å²) in [6.07, 6.45) is 1.69. The van der Waals surface area contributed by atoms with Gasteiger partial charge < -0.3 is 14.6 Å². The molecule has 31 heavy (non-hydrogen) atoms. The molecule has 1 N–H and O–H groups in total. The molecule has 0 saturated heterocycles. The molecule has 0 atom stereocenters. The number of ether oxygens (including phenoxy) is 2. The fraction of sp³-hybridized carbons (Fsp3) is 0.0800. The molecule has 0 radical (unpaired) electrons. The van der Waals surface area contributed by atoms with Gasteiger partial charge in [0.1, 0.15) is 6.61 Å².